The number of benzene rings is 3. The van der Waals surface area contributed by atoms with Gasteiger partial charge in [-0.05, 0) is 58.9 Å². The second-order valence-electron chi connectivity index (χ2n) is 5.87. The number of carbonyl (C=O) groups excluding carboxylic acids is 1. The van der Waals surface area contributed by atoms with E-state index in [2.05, 4.69) is 15.5 Å². The van der Waals surface area contributed by atoms with Crippen LogP contribution < -0.4 is 5.32 Å². The highest BCUT2D eigenvalue weighted by molar-refractivity contribution is 7.99. The molecule has 0 aliphatic heterocycles. The molecular formula is C20H16N4OS. The quantitative estimate of drug-likeness (QED) is 0.587. The molecule has 0 saturated carbocycles. The molecule has 0 aliphatic carbocycles. The Morgan fingerprint density at radius 1 is 1.00 bits per heavy atom. The molecule has 0 saturated heterocycles. The third-order valence-electron chi connectivity index (χ3n) is 4.00. The molecule has 26 heavy (non-hydrogen) atoms. The lowest BCUT2D eigenvalue weighted by Crippen LogP contribution is -2.11. The molecule has 0 spiro atoms. The van der Waals surface area contributed by atoms with Crippen LogP contribution >= 0.6 is 11.8 Å². The monoisotopic (exact) mass is 360 g/mol. The van der Waals surface area contributed by atoms with Crippen LogP contribution in [0.2, 0.25) is 0 Å². The van der Waals surface area contributed by atoms with Gasteiger partial charge in [0.15, 0.2) is 5.16 Å². The molecule has 4 rings (SSSR count). The van der Waals surface area contributed by atoms with Gasteiger partial charge < -0.3 is 9.88 Å². The summed E-state index contributed by atoms with van der Waals surface area (Å²) in [5.41, 5.74) is 1.40. The first-order valence-electron chi connectivity index (χ1n) is 8.11. The minimum atomic E-state index is -0.121. The molecule has 0 aliphatic rings. The van der Waals surface area contributed by atoms with Gasteiger partial charge in [-0.15, -0.1) is 10.2 Å². The molecule has 1 amide bonds. The number of hydrogen-bond donors (Lipinski definition) is 1. The summed E-state index contributed by atoms with van der Waals surface area (Å²) in [5.74, 6) is -0.121. The Morgan fingerprint density at radius 2 is 1.77 bits per heavy atom. The summed E-state index contributed by atoms with van der Waals surface area (Å²) < 4.78 is 1.86. The Labute approximate surface area is 155 Å². The van der Waals surface area contributed by atoms with Crippen molar-refractivity contribution in [2.45, 2.75) is 10.1 Å². The first kappa shape index (κ1) is 16.4. The number of rotatable bonds is 4. The third-order valence-corrected chi connectivity index (χ3v) is 5.06. The van der Waals surface area contributed by atoms with Crippen molar-refractivity contribution in [3.63, 3.8) is 0 Å². The van der Waals surface area contributed by atoms with E-state index in [9.17, 15) is 4.79 Å². The smallest absolute Gasteiger partial charge is 0.255 e. The number of amides is 1. The van der Waals surface area contributed by atoms with Gasteiger partial charge in [0, 0.05) is 23.2 Å². The maximum atomic E-state index is 12.5. The standard InChI is InChI=1S/C20H16N4OS/c1-24-13-21-23-20(24)26-18-10-8-17(9-11-18)22-19(25)16-7-6-14-4-2-3-5-15(14)12-16/h2-13H,1H3,(H,22,25). The van der Waals surface area contributed by atoms with E-state index in [4.69, 9.17) is 0 Å². The average Bonchev–Trinajstić information content (AvgIpc) is 3.07. The van der Waals surface area contributed by atoms with Gasteiger partial charge in [-0.1, -0.05) is 30.3 Å². The number of aryl methyl sites for hydroxylation is 1. The first-order valence-corrected chi connectivity index (χ1v) is 8.93. The van der Waals surface area contributed by atoms with Crippen LogP contribution in [0, 0.1) is 0 Å². The van der Waals surface area contributed by atoms with Crippen LogP contribution in [-0.2, 0) is 7.05 Å². The number of nitrogens with zero attached hydrogens (tertiary/aromatic N) is 3. The van der Waals surface area contributed by atoms with E-state index >= 15 is 0 Å². The highest BCUT2D eigenvalue weighted by Crippen LogP contribution is 2.26. The summed E-state index contributed by atoms with van der Waals surface area (Å²) in [6, 6.07) is 21.4. The summed E-state index contributed by atoms with van der Waals surface area (Å²) in [6.07, 6.45) is 1.67. The van der Waals surface area contributed by atoms with Crippen LogP contribution in [0.5, 0.6) is 0 Å². The number of fused-ring (bicyclic) bond motifs is 1. The molecular weight excluding hydrogens is 344 g/mol. The molecule has 3 aromatic carbocycles. The molecule has 1 N–H and O–H groups in total. The summed E-state index contributed by atoms with van der Waals surface area (Å²) in [5, 5.41) is 13.8. The van der Waals surface area contributed by atoms with Crippen LogP contribution in [0.1, 0.15) is 10.4 Å². The summed E-state index contributed by atoms with van der Waals surface area (Å²) >= 11 is 1.52. The van der Waals surface area contributed by atoms with Crippen LogP contribution in [0.15, 0.2) is 83.1 Å². The molecule has 0 fully saturated rings. The fourth-order valence-electron chi connectivity index (χ4n) is 2.61. The maximum Gasteiger partial charge on any atom is 0.255 e. The minimum Gasteiger partial charge on any atom is -0.322 e. The zero-order valence-corrected chi connectivity index (χ0v) is 14.9. The summed E-state index contributed by atoms with van der Waals surface area (Å²) in [6.45, 7) is 0. The topological polar surface area (TPSA) is 59.8 Å². The van der Waals surface area contributed by atoms with E-state index in [1.165, 1.54) is 11.8 Å². The van der Waals surface area contributed by atoms with Gasteiger partial charge in [-0.3, -0.25) is 4.79 Å². The van der Waals surface area contributed by atoms with Crippen LogP contribution in [-0.4, -0.2) is 20.7 Å². The maximum absolute atomic E-state index is 12.5. The Morgan fingerprint density at radius 3 is 2.50 bits per heavy atom. The van der Waals surface area contributed by atoms with Crippen molar-refractivity contribution in [3.8, 4) is 0 Å². The lowest BCUT2D eigenvalue weighted by Gasteiger charge is -2.07. The van der Waals surface area contributed by atoms with Crippen LogP contribution in [0.25, 0.3) is 10.8 Å². The molecule has 128 valence electrons. The van der Waals surface area contributed by atoms with Gasteiger partial charge >= 0.3 is 0 Å². The van der Waals surface area contributed by atoms with Crippen molar-refractivity contribution >= 4 is 34.1 Å². The van der Waals surface area contributed by atoms with E-state index in [1.807, 2.05) is 78.3 Å². The van der Waals surface area contributed by atoms with E-state index in [-0.39, 0.29) is 5.91 Å². The van der Waals surface area contributed by atoms with Gasteiger partial charge in [0.05, 0.1) is 0 Å². The SMILES string of the molecule is Cn1cnnc1Sc1ccc(NC(=O)c2ccc3ccccc3c2)cc1. The normalized spacial score (nSPS) is 10.8. The van der Waals surface area contributed by atoms with E-state index in [1.54, 1.807) is 6.33 Å². The molecule has 0 atom stereocenters. The molecule has 0 radical (unpaired) electrons. The number of hydrogen-bond acceptors (Lipinski definition) is 4. The summed E-state index contributed by atoms with van der Waals surface area (Å²) in [7, 11) is 1.90. The van der Waals surface area contributed by atoms with Crippen LogP contribution in [0.3, 0.4) is 0 Å². The largest absolute Gasteiger partial charge is 0.322 e. The fraction of sp³-hybridized carbons (Fsp3) is 0.0500. The highest BCUT2D eigenvalue weighted by Gasteiger charge is 2.08. The second-order valence-corrected chi connectivity index (χ2v) is 6.91. The summed E-state index contributed by atoms with van der Waals surface area (Å²) in [4.78, 5) is 13.5. The minimum absolute atomic E-state index is 0.121. The molecule has 1 aromatic heterocycles. The van der Waals surface area contributed by atoms with Crippen molar-refractivity contribution in [2.75, 3.05) is 5.32 Å². The Hall–Kier alpha value is -3.12. The van der Waals surface area contributed by atoms with E-state index in [0.717, 1.165) is 26.5 Å². The zero-order chi connectivity index (χ0) is 17.9. The zero-order valence-electron chi connectivity index (χ0n) is 14.1. The Kier molecular flexibility index (Phi) is 4.41. The van der Waals surface area contributed by atoms with E-state index < -0.39 is 0 Å². The fourth-order valence-corrected chi connectivity index (χ4v) is 3.37. The van der Waals surface area contributed by atoms with Crippen molar-refractivity contribution in [1.29, 1.82) is 0 Å². The highest BCUT2D eigenvalue weighted by atomic mass is 32.2. The second kappa shape index (κ2) is 7.01. The molecule has 0 unspecified atom stereocenters. The van der Waals surface area contributed by atoms with Crippen molar-refractivity contribution < 1.29 is 4.79 Å². The Balaban J connectivity index is 1.47. The number of nitrogens with one attached hydrogen (secondary N) is 1. The van der Waals surface area contributed by atoms with Crippen molar-refractivity contribution in [1.82, 2.24) is 14.8 Å². The lowest BCUT2D eigenvalue weighted by molar-refractivity contribution is 0.102. The van der Waals surface area contributed by atoms with Crippen molar-refractivity contribution in [3.05, 3.63) is 78.6 Å². The molecule has 6 heteroatoms. The molecule has 4 aromatic rings. The lowest BCUT2D eigenvalue weighted by atomic mass is 10.1. The van der Waals surface area contributed by atoms with Gasteiger partial charge in [0.1, 0.15) is 6.33 Å². The van der Waals surface area contributed by atoms with Gasteiger partial charge in [-0.25, -0.2) is 0 Å². The molecule has 0 bridgehead atoms. The number of carbonyl (C=O) groups is 1. The number of anilines is 1. The average molecular weight is 360 g/mol. The van der Waals surface area contributed by atoms with Gasteiger partial charge in [-0.2, -0.15) is 0 Å². The van der Waals surface area contributed by atoms with E-state index in [0.29, 0.717) is 5.56 Å². The first-order chi connectivity index (χ1) is 12.7. The third kappa shape index (κ3) is 3.45. The Bertz CT molecular complexity index is 1070. The predicted octanol–water partition coefficient (Wildman–Crippen LogP) is 4.37. The van der Waals surface area contributed by atoms with Gasteiger partial charge in [0.2, 0.25) is 0 Å². The predicted molar refractivity (Wildman–Crippen MR) is 103 cm³/mol. The van der Waals surface area contributed by atoms with Gasteiger partial charge in [0.25, 0.3) is 5.91 Å². The molecule has 1 heterocycles. The molecule has 5 nitrogen and oxygen atoms in total. The number of aromatic nitrogens is 3. The van der Waals surface area contributed by atoms with Crippen molar-refractivity contribution in [2.24, 2.45) is 7.05 Å². The van der Waals surface area contributed by atoms with Crippen LogP contribution in [0.4, 0.5) is 5.69 Å².